The molecule has 2 rings (SSSR count). The van der Waals surface area contributed by atoms with Crippen molar-refractivity contribution in [2.75, 3.05) is 7.05 Å². The van der Waals surface area contributed by atoms with E-state index in [4.69, 9.17) is 11.6 Å². The van der Waals surface area contributed by atoms with Gasteiger partial charge in [-0.25, -0.2) is 4.39 Å². The molecular formula is C15H13Br2ClFN. The standard InChI is InChI=1S/C15H13Br2ClFN/c1-20-15(10-5-12(17)7-13(18)6-10)4-9-2-11(16)8-14(19)3-9/h2-3,5-8,15,20H,4H2,1H3. The van der Waals surface area contributed by atoms with Gasteiger partial charge in [0.2, 0.25) is 0 Å². The van der Waals surface area contributed by atoms with E-state index >= 15 is 0 Å². The molecule has 0 aliphatic carbocycles. The maximum absolute atomic E-state index is 13.4. The number of benzene rings is 2. The number of rotatable bonds is 4. The van der Waals surface area contributed by atoms with Crippen LogP contribution in [-0.4, -0.2) is 7.05 Å². The Morgan fingerprint density at radius 3 is 2.40 bits per heavy atom. The third kappa shape index (κ3) is 4.29. The van der Waals surface area contributed by atoms with Crippen LogP contribution in [-0.2, 0) is 6.42 Å². The summed E-state index contributed by atoms with van der Waals surface area (Å²) in [4.78, 5) is 0. The average molecular weight is 422 g/mol. The Labute approximate surface area is 139 Å². The van der Waals surface area contributed by atoms with E-state index in [-0.39, 0.29) is 11.9 Å². The molecule has 0 radical (unpaired) electrons. The fourth-order valence-corrected chi connectivity index (χ4v) is 3.53. The van der Waals surface area contributed by atoms with Crippen molar-refractivity contribution in [3.8, 4) is 0 Å². The van der Waals surface area contributed by atoms with Gasteiger partial charge in [0.1, 0.15) is 5.82 Å². The predicted octanol–water partition coefficient (Wildman–Crippen LogP) is 5.51. The number of likely N-dealkylation sites (N-methyl/N-ethyl adjacent to an activating group) is 1. The number of nitrogens with one attached hydrogen (secondary N) is 1. The van der Waals surface area contributed by atoms with Crippen molar-refractivity contribution in [1.29, 1.82) is 0 Å². The van der Waals surface area contributed by atoms with E-state index < -0.39 is 0 Å². The minimum atomic E-state index is -0.239. The molecular weight excluding hydrogens is 408 g/mol. The van der Waals surface area contributed by atoms with Crippen molar-refractivity contribution in [3.05, 3.63) is 67.3 Å². The zero-order valence-electron chi connectivity index (χ0n) is 10.8. The lowest BCUT2D eigenvalue weighted by Gasteiger charge is -2.18. The lowest BCUT2D eigenvalue weighted by atomic mass is 9.99. The molecule has 0 bridgehead atoms. The first-order chi connectivity index (χ1) is 9.47. The number of hydrogen-bond donors (Lipinski definition) is 1. The third-order valence-corrected chi connectivity index (χ3v) is 4.13. The summed E-state index contributed by atoms with van der Waals surface area (Å²) in [5, 5.41) is 3.92. The molecule has 0 saturated heterocycles. The smallest absolute Gasteiger partial charge is 0.124 e. The van der Waals surface area contributed by atoms with Crippen molar-refractivity contribution >= 4 is 43.5 Å². The molecule has 0 aliphatic rings. The molecule has 5 heteroatoms. The van der Waals surface area contributed by atoms with Gasteiger partial charge in [-0.1, -0.05) is 43.5 Å². The molecule has 1 atom stereocenters. The molecule has 1 N–H and O–H groups in total. The first kappa shape index (κ1) is 16.0. The molecule has 2 aromatic rings. The molecule has 106 valence electrons. The molecule has 1 nitrogen and oxygen atoms in total. The van der Waals surface area contributed by atoms with Crippen LogP contribution in [0.5, 0.6) is 0 Å². The highest BCUT2D eigenvalue weighted by atomic mass is 79.9. The minimum absolute atomic E-state index is 0.0682. The summed E-state index contributed by atoms with van der Waals surface area (Å²) in [6, 6.07) is 10.8. The van der Waals surface area contributed by atoms with Crippen LogP contribution in [0, 0.1) is 5.82 Å². The van der Waals surface area contributed by atoms with Gasteiger partial charge in [0, 0.05) is 20.0 Å². The molecule has 0 fully saturated rings. The molecule has 1 unspecified atom stereocenters. The molecule has 0 saturated carbocycles. The SMILES string of the molecule is CNC(Cc1cc(F)cc(Br)c1)c1cc(Cl)cc(Br)c1. The van der Waals surface area contributed by atoms with Crippen LogP contribution in [0.4, 0.5) is 4.39 Å². The second-order valence-corrected chi connectivity index (χ2v) is 6.79. The molecule has 20 heavy (non-hydrogen) atoms. The highest BCUT2D eigenvalue weighted by Crippen LogP contribution is 2.27. The van der Waals surface area contributed by atoms with Gasteiger partial charge in [0.25, 0.3) is 0 Å². The Morgan fingerprint density at radius 1 is 1.10 bits per heavy atom. The van der Waals surface area contributed by atoms with E-state index in [1.807, 2.05) is 31.3 Å². The minimum Gasteiger partial charge on any atom is -0.313 e. The van der Waals surface area contributed by atoms with Gasteiger partial charge in [-0.05, 0) is 61.0 Å². The lowest BCUT2D eigenvalue weighted by Crippen LogP contribution is -2.19. The van der Waals surface area contributed by atoms with E-state index in [9.17, 15) is 4.39 Å². The van der Waals surface area contributed by atoms with Crippen molar-refractivity contribution in [1.82, 2.24) is 5.32 Å². The highest BCUT2D eigenvalue weighted by Gasteiger charge is 2.12. The second-order valence-electron chi connectivity index (χ2n) is 4.53. The van der Waals surface area contributed by atoms with Crippen molar-refractivity contribution in [2.45, 2.75) is 12.5 Å². The summed E-state index contributed by atoms with van der Waals surface area (Å²) < 4.78 is 15.1. The maximum Gasteiger partial charge on any atom is 0.124 e. The summed E-state index contributed by atoms with van der Waals surface area (Å²) in [5.74, 6) is -0.239. The van der Waals surface area contributed by atoms with Gasteiger partial charge in [0.05, 0.1) is 0 Å². The Morgan fingerprint density at radius 2 is 1.80 bits per heavy atom. The first-order valence-corrected chi connectivity index (χ1v) is 8.02. The predicted molar refractivity (Wildman–Crippen MR) is 88.8 cm³/mol. The third-order valence-electron chi connectivity index (χ3n) is 3.00. The monoisotopic (exact) mass is 419 g/mol. The number of hydrogen-bond acceptors (Lipinski definition) is 1. The van der Waals surface area contributed by atoms with Crippen molar-refractivity contribution < 1.29 is 4.39 Å². The second kappa shape index (κ2) is 7.03. The van der Waals surface area contributed by atoms with E-state index in [2.05, 4.69) is 37.2 Å². The van der Waals surface area contributed by atoms with Crippen LogP contribution in [0.25, 0.3) is 0 Å². The average Bonchev–Trinajstić information content (AvgIpc) is 2.33. The zero-order chi connectivity index (χ0) is 14.7. The van der Waals surface area contributed by atoms with Gasteiger partial charge in [-0.3, -0.25) is 0 Å². The molecule has 0 aromatic heterocycles. The molecule has 0 spiro atoms. The zero-order valence-corrected chi connectivity index (χ0v) is 14.7. The Hall–Kier alpha value is -0.420. The van der Waals surface area contributed by atoms with E-state index in [0.29, 0.717) is 11.4 Å². The Bertz CT molecular complexity index is 578. The molecule has 0 aliphatic heterocycles. The summed E-state index contributed by atoms with van der Waals surface area (Å²) in [5.41, 5.74) is 1.99. The van der Waals surface area contributed by atoms with Crippen LogP contribution < -0.4 is 5.32 Å². The summed E-state index contributed by atoms with van der Waals surface area (Å²) in [6.07, 6.45) is 0.680. The molecule has 0 amide bonds. The van der Waals surface area contributed by atoms with Gasteiger partial charge < -0.3 is 5.32 Å². The fraction of sp³-hybridized carbons (Fsp3) is 0.200. The van der Waals surface area contributed by atoms with Crippen LogP contribution in [0.2, 0.25) is 5.02 Å². The number of halogens is 4. The maximum atomic E-state index is 13.4. The first-order valence-electron chi connectivity index (χ1n) is 6.06. The van der Waals surface area contributed by atoms with Crippen LogP contribution in [0.3, 0.4) is 0 Å². The summed E-state index contributed by atoms with van der Waals surface area (Å²) in [6.45, 7) is 0. The fourth-order valence-electron chi connectivity index (χ4n) is 2.13. The largest absolute Gasteiger partial charge is 0.313 e. The molecule has 0 heterocycles. The van der Waals surface area contributed by atoms with Crippen LogP contribution in [0.15, 0.2) is 45.3 Å². The topological polar surface area (TPSA) is 12.0 Å². The Balaban J connectivity index is 2.28. The normalized spacial score (nSPS) is 12.4. The summed E-state index contributed by atoms with van der Waals surface area (Å²) in [7, 11) is 1.88. The van der Waals surface area contributed by atoms with Crippen molar-refractivity contribution in [2.24, 2.45) is 0 Å². The van der Waals surface area contributed by atoms with Crippen LogP contribution >= 0.6 is 43.5 Å². The Kier molecular flexibility index (Phi) is 5.61. The quantitative estimate of drug-likeness (QED) is 0.687. The summed E-state index contributed by atoms with van der Waals surface area (Å²) >= 11 is 12.8. The van der Waals surface area contributed by atoms with Crippen molar-refractivity contribution in [3.63, 3.8) is 0 Å². The highest BCUT2D eigenvalue weighted by molar-refractivity contribution is 9.10. The lowest BCUT2D eigenvalue weighted by molar-refractivity contribution is 0.583. The van der Waals surface area contributed by atoms with E-state index in [0.717, 1.165) is 20.1 Å². The van der Waals surface area contributed by atoms with E-state index in [1.165, 1.54) is 6.07 Å². The molecule has 2 aromatic carbocycles. The van der Waals surface area contributed by atoms with Gasteiger partial charge in [-0.15, -0.1) is 0 Å². The van der Waals surface area contributed by atoms with Crippen LogP contribution in [0.1, 0.15) is 17.2 Å². The van der Waals surface area contributed by atoms with Gasteiger partial charge in [0.15, 0.2) is 0 Å². The van der Waals surface area contributed by atoms with E-state index in [1.54, 1.807) is 6.07 Å². The van der Waals surface area contributed by atoms with Gasteiger partial charge >= 0.3 is 0 Å². The van der Waals surface area contributed by atoms with Gasteiger partial charge in [-0.2, -0.15) is 0 Å².